The Hall–Kier alpha value is -2.78. The summed E-state index contributed by atoms with van der Waals surface area (Å²) in [6.07, 6.45) is 3.46. The van der Waals surface area contributed by atoms with Crippen LogP contribution in [0.5, 0.6) is 5.75 Å². The molecule has 0 spiro atoms. The summed E-state index contributed by atoms with van der Waals surface area (Å²) in [5, 5.41) is 0. The van der Waals surface area contributed by atoms with E-state index in [9.17, 15) is 13.6 Å². The van der Waals surface area contributed by atoms with Gasteiger partial charge in [0.1, 0.15) is 17.6 Å². The van der Waals surface area contributed by atoms with Crippen LogP contribution >= 0.6 is 0 Å². The van der Waals surface area contributed by atoms with Crippen molar-refractivity contribution in [3.63, 3.8) is 0 Å². The van der Waals surface area contributed by atoms with Crippen LogP contribution in [0.15, 0.2) is 34.7 Å². The van der Waals surface area contributed by atoms with Gasteiger partial charge in [0, 0.05) is 23.7 Å². The number of carbonyl (C=O) groups is 1. The van der Waals surface area contributed by atoms with Crippen LogP contribution in [0.3, 0.4) is 0 Å². The molecule has 3 aromatic rings. The number of likely N-dealkylation sites (tertiary alicyclic amines) is 1. The first-order valence-corrected chi connectivity index (χ1v) is 12.8. The van der Waals surface area contributed by atoms with Gasteiger partial charge in [-0.2, -0.15) is 8.78 Å². The van der Waals surface area contributed by atoms with Gasteiger partial charge < -0.3 is 18.6 Å². The number of oxazole rings is 1. The van der Waals surface area contributed by atoms with Gasteiger partial charge in [0.2, 0.25) is 5.89 Å². The predicted octanol–water partition coefficient (Wildman–Crippen LogP) is 5.60. The zero-order chi connectivity index (χ0) is 26.5. The van der Waals surface area contributed by atoms with Crippen molar-refractivity contribution in [1.82, 2.24) is 9.88 Å². The molecule has 2 saturated heterocycles. The maximum atomic E-state index is 13.2. The molecule has 0 radical (unpaired) electrons. The topological polar surface area (TPSA) is 64.8 Å². The van der Waals surface area contributed by atoms with Gasteiger partial charge >= 0.3 is 13.5 Å². The number of halogens is 2. The van der Waals surface area contributed by atoms with Crippen LogP contribution in [-0.2, 0) is 16.0 Å². The Labute approximate surface area is 216 Å². The lowest BCUT2D eigenvalue weighted by Gasteiger charge is -2.34. The average molecular weight is 510 g/mol. The van der Waals surface area contributed by atoms with Crippen LogP contribution in [0, 0.1) is 12.3 Å². The molecule has 2 fully saturated rings. The van der Waals surface area contributed by atoms with Crippen LogP contribution in [0.2, 0.25) is 6.32 Å². The number of aldehydes is 1. The van der Waals surface area contributed by atoms with Gasteiger partial charge in [0.25, 0.3) is 0 Å². The Morgan fingerprint density at radius 2 is 2.05 bits per heavy atom. The van der Waals surface area contributed by atoms with Crippen molar-refractivity contribution < 1.29 is 27.4 Å². The number of alkyl halides is 2. The zero-order valence-corrected chi connectivity index (χ0v) is 22.0. The molecule has 2 aromatic carbocycles. The molecule has 0 bridgehead atoms. The summed E-state index contributed by atoms with van der Waals surface area (Å²) in [5.41, 5.74) is 4.18. The van der Waals surface area contributed by atoms with Crippen molar-refractivity contribution in [3.05, 3.63) is 41.5 Å². The van der Waals surface area contributed by atoms with E-state index in [1.807, 2.05) is 24.0 Å². The minimum absolute atomic E-state index is 0.0213. The van der Waals surface area contributed by atoms with Gasteiger partial charge in [-0.15, -0.1) is 0 Å². The number of carbonyl (C=O) groups excluding carboxylic acids is 1. The van der Waals surface area contributed by atoms with Gasteiger partial charge in [-0.3, -0.25) is 4.90 Å². The lowest BCUT2D eigenvalue weighted by atomic mass is 9.53. The number of nitrogens with zero attached hydrogens (tertiary/aromatic N) is 2. The Morgan fingerprint density at radius 1 is 1.27 bits per heavy atom. The molecular weight excluding hydrogens is 477 g/mol. The van der Waals surface area contributed by atoms with E-state index in [4.69, 9.17) is 18.8 Å². The van der Waals surface area contributed by atoms with Gasteiger partial charge in [0.05, 0.1) is 11.6 Å². The first-order valence-electron chi connectivity index (χ1n) is 12.8. The van der Waals surface area contributed by atoms with Gasteiger partial charge in [-0.25, -0.2) is 4.98 Å². The predicted molar refractivity (Wildman–Crippen MR) is 139 cm³/mol. The van der Waals surface area contributed by atoms with Gasteiger partial charge in [-0.1, -0.05) is 26.0 Å². The minimum atomic E-state index is -2.97. The third-order valence-corrected chi connectivity index (χ3v) is 8.45. The molecule has 5 rings (SSSR count). The van der Waals surface area contributed by atoms with E-state index < -0.39 is 6.61 Å². The second kappa shape index (κ2) is 9.51. The lowest BCUT2D eigenvalue weighted by Crippen LogP contribution is -2.36. The van der Waals surface area contributed by atoms with Gasteiger partial charge in [-0.05, 0) is 75.1 Å². The Morgan fingerprint density at radius 3 is 2.73 bits per heavy atom. The average Bonchev–Trinajstić information content (AvgIpc) is 3.49. The summed E-state index contributed by atoms with van der Waals surface area (Å²) < 4.78 is 43.8. The Bertz CT molecular complexity index is 1310. The monoisotopic (exact) mass is 510 g/mol. The second-order valence-electron chi connectivity index (χ2n) is 11.4. The molecule has 0 saturated carbocycles. The van der Waals surface area contributed by atoms with Crippen molar-refractivity contribution >= 4 is 29.8 Å². The molecule has 0 aliphatic carbocycles. The van der Waals surface area contributed by atoms with Crippen LogP contribution in [-0.4, -0.2) is 47.9 Å². The Kier molecular flexibility index (Phi) is 6.65. The smallest absolute Gasteiger partial charge is 0.387 e. The summed E-state index contributed by atoms with van der Waals surface area (Å²) >= 11 is 0. The molecule has 196 valence electrons. The highest BCUT2D eigenvalue weighted by Gasteiger charge is 2.50. The molecule has 3 heterocycles. The van der Waals surface area contributed by atoms with Crippen molar-refractivity contribution in [1.29, 1.82) is 0 Å². The normalized spacial score (nSPS) is 21.3. The van der Waals surface area contributed by atoms with Crippen molar-refractivity contribution in [2.75, 3.05) is 6.54 Å². The van der Waals surface area contributed by atoms with E-state index in [2.05, 4.69) is 33.8 Å². The zero-order valence-electron chi connectivity index (χ0n) is 22.0. The molecule has 2 aliphatic heterocycles. The number of aromatic nitrogens is 1. The van der Waals surface area contributed by atoms with Crippen molar-refractivity contribution in [2.45, 2.75) is 78.6 Å². The highest BCUT2D eigenvalue weighted by atomic mass is 19.3. The lowest BCUT2D eigenvalue weighted by molar-refractivity contribution is -0.111. The number of benzene rings is 2. The first kappa shape index (κ1) is 25.9. The van der Waals surface area contributed by atoms with Crippen molar-refractivity contribution in [3.8, 4) is 17.2 Å². The van der Waals surface area contributed by atoms with E-state index in [1.165, 1.54) is 6.07 Å². The maximum absolute atomic E-state index is 13.2. The molecule has 1 aromatic heterocycles. The van der Waals surface area contributed by atoms with E-state index >= 15 is 0 Å². The Balaban J connectivity index is 1.51. The van der Waals surface area contributed by atoms with E-state index in [1.54, 1.807) is 6.07 Å². The molecule has 2 aliphatic rings. The summed E-state index contributed by atoms with van der Waals surface area (Å²) in [7, 11) is 0. The van der Waals surface area contributed by atoms with Crippen LogP contribution in [0.4, 0.5) is 8.78 Å². The molecule has 6 nitrogen and oxygen atoms in total. The standard InChI is InChI=1S/C28H33BF2N2O4/c1-17-20(9-6-10-21(17)29-16-27(2,3)28(4,5)37-29)25-32-22-12-18(14-33-11-7-8-19(33)15-34)23(36-26(30)31)13-24(22)35-25/h6,9-10,12-13,15,19,26H,7-8,11,14,16H2,1-5H3. The third-order valence-electron chi connectivity index (χ3n) is 8.45. The highest BCUT2D eigenvalue weighted by molar-refractivity contribution is 6.69. The molecular formula is C28H33BF2N2O4. The number of ether oxygens (including phenoxy) is 1. The van der Waals surface area contributed by atoms with E-state index in [0.717, 1.165) is 48.6 Å². The van der Waals surface area contributed by atoms with Crippen LogP contribution in [0.25, 0.3) is 22.6 Å². The minimum Gasteiger partial charge on any atom is -0.436 e. The third kappa shape index (κ3) is 4.79. The summed E-state index contributed by atoms with van der Waals surface area (Å²) in [6, 6.07) is 8.98. The highest BCUT2D eigenvalue weighted by Crippen LogP contribution is 2.45. The SMILES string of the molecule is Cc1c(B2CC(C)(C)C(C)(C)O2)cccc1-c1nc2cc(CN3CCCC3C=O)c(OC(F)F)cc2o1. The molecule has 0 N–H and O–H groups in total. The largest absolute Gasteiger partial charge is 0.436 e. The summed E-state index contributed by atoms with van der Waals surface area (Å²) in [6.45, 7) is 8.77. The molecule has 37 heavy (non-hydrogen) atoms. The van der Waals surface area contributed by atoms with E-state index in [0.29, 0.717) is 29.1 Å². The molecule has 9 heteroatoms. The second-order valence-corrected chi connectivity index (χ2v) is 11.4. The number of fused-ring (bicyclic) bond motifs is 1. The van der Waals surface area contributed by atoms with Crippen LogP contribution in [0.1, 0.15) is 51.7 Å². The summed E-state index contributed by atoms with van der Waals surface area (Å²) in [4.78, 5) is 18.1. The fourth-order valence-corrected chi connectivity index (χ4v) is 5.54. The molecule has 0 amide bonds. The number of hydrogen-bond donors (Lipinski definition) is 0. The fourth-order valence-electron chi connectivity index (χ4n) is 5.54. The fraction of sp³-hybridized carbons (Fsp3) is 0.500. The van der Waals surface area contributed by atoms with Gasteiger partial charge in [0.15, 0.2) is 5.58 Å². The quantitative estimate of drug-likeness (QED) is 0.305. The van der Waals surface area contributed by atoms with Crippen molar-refractivity contribution in [2.24, 2.45) is 5.41 Å². The number of rotatable bonds is 7. The first-order chi connectivity index (χ1) is 17.5. The summed E-state index contributed by atoms with van der Waals surface area (Å²) in [5.74, 6) is 0.453. The molecule has 1 atom stereocenters. The number of hydrogen-bond acceptors (Lipinski definition) is 6. The van der Waals surface area contributed by atoms with Crippen LogP contribution < -0.4 is 10.2 Å². The maximum Gasteiger partial charge on any atom is 0.387 e. The molecule has 1 unspecified atom stereocenters. The van der Waals surface area contributed by atoms with E-state index in [-0.39, 0.29) is 29.7 Å².